The first-order valence-electron chi connectivity index (χ1n) is 5.96. The second kappa shape index (κ2) is 6.83. The molecule has 1 rings (SSSR count). The number of hydrogen-bond donors (Lipinski definition) is 1. The van der Waals surface area contributed by atoms with E-state index in [0.29, 0.717) is 12.1 Å². The van der Waals surface area contributed by atoms with E-state index in [4.69, 9.17) is 14.6 Å². The number of carbonyl (C=O) groups excluding carboxylic acids is 1. The summed E-state index contributed by atoms with van der Waals surface area (Å²) in [5, 5.41) is 8.66. The molecule has 0 heterocycles. The van der Waals surface area contributed by atoms with Crippen molar-refractivity contribution in [3.8, 4) is 5.75 Å². The molecule has 0 amide bonds. The average molecular weight is 288 g/mol. The number of esters is 1. The topological polar surface area (TPSA) is 72.8 Å². The summed E-state index contributed by atoms with van der Waals surface area (Å²) in [4.78, 5) is 22.1. The van der Waals surface area contributed by atoms with Crippen LogP contribution in [0.25, 0.3) is 0 Å². The highest BCUT2D eigenvalue weighted by molar-refractivity contribution is 5.87. The summed E-state index contributed by atoms with van der Waals surface area (Å²) in [6.45, 7) is 3.29. The third kappa shape index (κ3) is 3.66. The first-order chi connectivity index (χ1) is 9.40. The van der Waals surface area contributed by atoms with Gasteiger partial charge in [0, 0.05) is 0 Å². The van der Waals surface area contributed by atoms with E-state index < -0.39 is 41.0 Å². The maximum Gasteiger partial charge on any atom is 0.347 e. The van der Waals surface area contributed by atoms with Gasteiger partial charge in [-0.15, -0.1) is 0 Å². The maximum atomic E-state index is 13.6. The van der Waals surface area contributed by atoms with Crippen molar-refractivity contribution in [1.82, 2.24) is 0 Å². The molecule has 7 heteroatoms. The van der Waals surface area contributed by atoms with Crippen LogP contribution >= 0.6 is 0 Å². The Morgan fingerprint density at radius 2 is 1.80 bits per heavy atom. The fourth-order valence-electron chi connectivity index (χ4n) is 1.47. The van der Waals surface area contributed by atoms with Crippen molar-refractivity contribution >= 4 is 11.9 Å². The highest BCUT2D eigenvalue weighted by atomic mass is 19.1. The van der Waals surface area contributed by atoms with Gasteiger partial charge in [-0.05, 0) is 25.5 Å². The number of aromatic carboxylic acids is 1. The van der Waals surface area contributed by atoms with Crippen molar-refractivity contribution in [1.29, 1.82) is 0 Å². The normalized spacial score (nSPS) is 11.8. The number of halogens is 2. The number of ether oxygens (including phenoxy) is 2. The van der Waals surface area contributed by atoms with Crippen LogP contribution in [0.1, 0.15) is 30.6 Å². The van der Waals surface area contributed by atoms with Crippen molar-refractivity contribution in [2.45, 2.75) is 26.4 Å². The highest BCUT2D eigenvalue weighted by Gasteiger charge is 2.24. The zero-order valence-corrected chi connectivity index (χ0v) is 11.0. The molecule has 1 unspecified atom stereocenters. The van der Waals surface area contributed by atoms with Crippen LogP contribution in [0.2, 0.25) is 0 Å². The summed E-state index contributed by atoms with van der Waals surface area (Å²) in [6.07, 6.45) is -1.01. The van der Waals surface area contributed by atoms with Gasteiger partial charge in [-0.2, -0.15) is 0 Å². The second-order valence-electron chi connectivity index (χ2n) is 3.84. The first kappa shape index (κ1) is 15.9. The molecule has 20 heavy (non-hydrogen) atoms. The number of carboxylic acid groups (broad SMARTS) is 1. The molecular weight excluding hydrogens is 274 g/mol. The fraction of sp³-hybridized carbons (Fsp3) is 0.385. The van der Waals surface area contributed by atoms with E-state index in [9.17, 15) is 18.4 Å². The first-order valence-corrected chi connectivity index (χ1v) is 5.96. The van der Waals surface area contributed by atoms with Crippen LogP contribution in [0.3, 0.4) is 0 Å². The van der Waals surface area contributed by atoms with Crippen molar-refractivity contribution in [2.75, 3.05) is 6.61 Å². The lowest BCUT2D eigenvalue weighted by Gasteiger charge is -2.17. The number of hydrogen-bond acceptors (Lipinski definition) is 4. The van der Waals surface area contributed by atoms with E-state index >= 15 is 0 Å². The summed E-state index contributed by atoms with van der Waals surface area (Å²) in [5.41, 5.74) is -0.545. The third-order valence-corrected chi connectivity index (χ3v) is 2.43. The molecule has 0 aromatic heterocycles. The van der Waals surface area contributed by atoms with Gasteiger partial charge < -0.3 is 14.6 Å². The highest BCUT2D eigenvalue weighted by Crippen LogP contribution is 2.25. The van der Waals surface area contributed by atoms with E-state index in [-0.39, 0.29) is 13.0 Å². The Kier molecular flexibility index (Phi) is 5.42. The average Bonchev–Trinajstić information content (AvgIpc) is 2.38. The molecule has 1 atom stereocenters. The molecule has 0 aliphatic heterocycles. The van der Waals surface area contributed by atoms with Crippen molar-refractivity contribution < 1.29 is 33.0 Å². The minimum atomic E-state index is -1.47. The van der Waals surface area contributed by atoms with Gasteiger partial charge in [-0.25, -0.2) is 18.4 Å². The molecule has 1 aromatic rings. The van der Waals surface area contributed by atoms with Gasteiger partial charge in [0.2, 0.25) is 0 Å². The van der Waals surface area contributed by atoms with Gasteiger partial charge in [-0.3, -0.25) is 0 Å². The van der Waals surface area contributed by atoms with Crippen LogP contribution in [-0.2, 0) is 9.53 Å². The van der Waals surface area contributed by atoms with Gasteiger partial charge in [0.15, 0.2) is 23.5 Å². The van der Waals surface area contributed by atoms with E-state index in [1.54, 1.807) is 13.8 Å². The van der Waals surface area contributed by atoms with Crippen LogP contribution < -0.4 is 4.74 Å². The van der Waals surface area contributed by atoms with Crippen LogP contribution in [0.4, 0.5) is 8.78 Å². The van der Waals surface area contributed by atoms with Gasteiger partial charge in [0.05, 0.1) is 12.2 Å². The molecular formula is C13H14F2O5. The number of rotatable bonds is 6. The summed E-state index contributed by atoms with van der Waals surface area (Å²) in [7, 11) is 0. The molecule has 0 spiro atoms. The summed E-state index contributed by atoms with van der Waals surface area (Å²) >= 11 is 0. The lowest BCUT2D eigenvalue weighted by molar-refractivity contribution is -0.151. The van der Waals surface area contributed by atoms with E-state index in [1.807, 2.05) is 0 Å². The minimum absolute atomic E-state index is 0.113. The predicted molar refractivity (Wildman–Crippen MR) is 64.7 cm³/mol. The summed E-state index contributed by atoms with van der Waals surface area (Å²) in [5.74, 6) is -5.38. The van der Waals surface area contributed by atoms with Gasteiger partial charge in [0.1, 0.15) is 0 Å². The number of carboxylic acids is 1. The molecule has 0 bridgehead atoms. The molecule has 0 fully saturated rings. The van der Waals surface area contributed by atoms with E-state index in [0.717, 1.165) is 0 Å². The molecule has 5 nitrogen and oxygen atoms in total. The van der Waals surface area contributed by atoms with E-state index in [2.05, 4.69) is 0 Å². The van der Waals surface area contributed by atoms with Crippen molar-refractivity contribution in [2.24, 2.45) is 0 Å². The Morgan fingerprint density at radius 1 is 1.25 bits per heavy atom. The number of carbonyl (C=O) groups is 2. The molecule has 0 saturated carbocycles. The van der Waals surface area contributed by atoms with Gasteiger partial charge in [0.25, 0.3) is 0 Å². The molecule has 1 aromatic carbocycles. The lowest BCUT2D eigenvalue weighted by Crippen LogP contribution is -2.29. The Labute approximate surface area is 114 Å². The number of benzene rings is 1. The monoisotopic (exact) mass is 288 g/mol. The van der Waals surface area contributed by atoms with Crippen LogP contribution in [0, 0.1) is 11.6 Å². The zero-order valence-electron chi connectivity index (χ0n) is 11.0. The molecule has 0 radical (unpaired) electrons. The Hall–Kier alpha value is -2.18. The van der Waals surface area contributed by atoms with Crippen molar-refractivity contribution in [3.05, 3.63) is 29.3 Å². The van der Waals surface area contributed by atoms with Gasteiger partial charge >= 0.3 is 11.9 Å². The van der Waals surface area contributed by atoms with Crippen molar-refractivity contribution in [3.63, 3.8) is 0 Å². The van der Waals surface area contributed by atoms with Crippen LogP contribution in [0.5, 0.6) is 5.75 Å². The lowest BCUT2D eigenvalue weighted by atomic mass is 10.2. The Bertz CT molecular complexity index is 492. The third-order valence-electron chi connectivity index (χ3n) is 2.43. The largest absolute Gasteiger partial charge is 0.478 e. The van der Waals surface area contributed by atoms with E-state index in [1.165, 1.54) is 0 Å². The summed E-state index contributed by atoms with van der Waals surface area (Å²) < 4.78 is 36.9. The van der Waals surface area contributed by atoms with Crippen LogP contribution in [0.15, 0.2) is 12.1 Å². The SMILES string of the molecule is CCOC(=O)C(CC)Oc1c(F)cc(C(=O)O)cc1F. The minimum Gasteiger partial charge on any atom is -0.478 e. The van der Waals surface area contributed by atoms with Gasteiger partial charge in [-0.1, -0.05) is 6.92 Å². The standard InChI is InChI=1S/C13H14F2O5/c1-3-10(13(18)19-4-2)20-11-8(14)5-7(12(16)17)6-9(11)15/h5-6,10H,3-4H2,1-2H3,(H,16,17). The maximum absolute atomic E-state index is 13.6. The Balaban J connectivity index is 3.02. The van der Waals surface area contributed by atoms with Crippen LogP contribution in [-0.4, -0.2) is 29.8 Å². The Morgan fingerprint density at radius 3 is 2.20 bits per heavy atom. The zero-order chi connectivity index (χ0) is 15.3. The predicted octanol–water partition coefficient (Wildman–Crippen LogP) is 2.38. The summed E-state index contributed by atoms with van der Waals surface area (Å²) in [6, 6.07) is 1.25. The fourth-order valence-corrected chi connectivity index (χ4v) is 1.47. The smallest absolute Gasteiger partial charge is 0.347 e. The molecule has 110 valence electrons. The molecule has 0 saturated heterocycles. The molecule has 1 N–H and O–H groups in total. The quantitative estimate of drug-likeness (QED) is 0.814. The second-order valence-corrected chi connectivity index (χ2v) is 3.84. The molecule has 0 aliphatic rings. The molecule has 0 aliphatic carbocycles.